The topological polar surface area (TPSA) is 77.2 Å². The zero-order valence-corrected chi connectivity index (χ0v) is 15.8. The van der Waals surface area contributed by atoms with Crippen LogP contribution in [0.1, 0.15) is 17.7 Å². The monoisotopic (exact) mass is 467 g/mol. The highest BCUT2D eigenvalue weighted by Crippen LogP contribution is 2.28. The van der Waals surface area contributed by atoms with Crippen LogP contribution in [0.5, 0.6) is 5.75 Å². The van der Waals surface area contributed by atoms with Crippen LogP contribution in [0.4, 0.5) is 4.39 Å². The molecule has 0 atom stereocenters. The third-order valence-electron chi connectivity index (χ3n) is 3.67. The molecule has 1 N–H and O–H groups in total. The number of benzene rings is 2. The van der Waals surface area contributed by atoms with E-state index in [0.29, 0.717) is 14.8 Å². The fourth-order valence-electron chi connectivity index (χ4n) is 2.43. The molecule has 3 rings (SSSR count). The molecule has 0 bridgehead atoms. The Morgan fingerprint density at radius 1 is 1.27 bits per heavy atom. The molecule has 0 spiro atoms. The van der Waals surface area contributed by atoms with Crippen molar-refractivity contribution < 1.29 is 19.0 Å². The van der Waals surface area contributed by atoms with Crippen molar-refractivity contribution in [1.82, 2.24) is 15.0 Å². The second kappa shape index (κ2) is 8.26. The van der Waals surface area contributed by atoms with E-state index in [1.54, 1.807) is 16.9 Å². The van der Waals surface area contributed by atoms with E-state index in [0.717, 1.165) is 5.69 Å². The number of rotatable bonds is 7. The van der Waals surface area contributed by atoms with Crippen LogP contribution in [0, 0.1) is 9.39 Å². The SMILES string of the molecule is O=C(O)CCc1cc(F)c(OCc2cnnn2-c2ccccc2)c(I)c1. The van der Waals surface area contributed by atoms with Gasteiger partial charge in [-0.15, -0.1) is 5.10 Å². The first-order chi connectivity index (χ1) is 12.5. The number of hydrogen-bond acceptors (Lipinski definition) is 4. The Labute approximate surface area is 162 Å². The van der Waals surface area contributed by atoms with Crippen molar-refractivity contribution in [2.24, 2.45) is 0 Å². The minimum atomic E-state index is -0.914. The maximum absolute atomic E-state index is 14.4. The number of aryl methyl sites for hydroxylation is 1. The average molecular weight is 467 g/mol. The molecule has 0 radical (unpaired) electrons. The Bertz CT molecular complexity index is 892. The van der Waals surface area contributed by atoms with Crippen LogP contribution in [0.3, 0.4) is 0 Å². The molecule has 0 saturated heterocycles. The van der Waals surface area contributed by atoms with Crippen molar-refractivity contribution in [3.05, 3.63) is 69.3 Å². The number of ether oxygens (including phenoxy) is 1. The van der Waals surface area contributed by atoms with E-state index in [4.69, 9.17) is 9.84 Å². The molecule has 1 heterocycles. The van der Waals surface area contributed by atoms with Crippen LogP contribution in [0.2, 0.25) is 0 Å². The van der Waals surface area contributed by atoms with Crippen LogP contribution < -0.4 is 4.74 Å². The molecule has 0 saturated carbocycles. The number of aromatic nitrogens is 3. The van der Waals surface area contributed by atoms with Gasteiger partial charge in [0.05, 0.1) is 15.5 Å². The van der Waals surface area contributed by atoms with Crippen molar-refractivity contribution in [2.75, 3.05) is 0 Å². The largest absolute Gasteiger partial charge is 0.483 e. The zero-order valence-electron chi connectivity index (χ0n) is 13.6. The van der Waals surface area contributed by atoms with Crippen molar-refractivity contribution in [2.45, 2.75) is 19.4 Å². The number of para-hydroxylation sites is 1. The number of carbonyl (C=O) groups is 1. The Morgan fingerprint density at radius 3 is 2.73 bits per heavy atom. The highest BCUT2D eigenvalue weighted by molar-refractivity contribution is 14.1. The summed E-state index contributed by atoms with van der Waals surface area (Å²) in [5, 5.41) is 16.7. The first-order valence-electron chi connectivity index (χ1n) is 7.82. The number of nitrogens with zero attached hydrogens (tertiary/aromatic N) is 3. The Kier molecular flexibility index (Phi) is 5.82. The van der Waals surface area contributed by atoms with E-state index in [1.165, 1.54) is 6.07 Å². The number of aliphatic carboxylic acids is 1. The third-order valence-corrected chi connectivity index (χ3v) is 4.47. The number of hydrogen-bond donors (Lipinski definition) is 1. The molecule has 3 aromatic rings. The molecular formula is C18H15FIN3O3. The van der Waals surface area contributed by atoms with Gasteiger partial charge in [-0.05, 0) is 58.8 Å². The predicted molar refractivity (Wildman–Crippen MR) is 101 cm³/mol. The highest BCUT2D eigenvalue weighted by Gasteiger charge is 2.14. The van der Waals surface area contributed by atoms with Gasteiger partial charge in [-0.1, -0.05) is 23.4 Å². The quantitative estimate of drug-likeness (QED) is 0.538. The van der Waals surface area contributed by atoms with Gasteiger partial charge in [-0.3, -0.25) is 4.79 Å². The lowest BCUT2D eigenvalue weighted by atomic mass is 10.1. The standard InChI is InChI=1S/C18H15FIN3O3/c19-15-8-12(6-7-17(24)25)9-16(20)18(15)26-11-14-10-21-22-23(14)13-4-2-1-3-5-13/h1-5,8-10H,6-7,11H2,(H,24,25). The normalized spacial score (nSPS) is 10.7. The minimum absolute atomic E-state index is 0.0440. The average Bonchev–Trinajstić information content (AvgIpc) is 3.08. The molecule has 2 aromatic carbocycles. The van der Waals surface area contributed by atoms with Crippen LogP contribution in [-0.4, -0.2) is 26.1 Å². The first kappa shape index (κ1) is 18.3. The fraction of sp³-hybridized carbons (Fsp3) is 0.167. The summed E-state index contributed by atoms with van der Waals surface area (Å²) in [5.74, 6) is -1.30. The predicted octanol–water partition coefficient (Wildman–Crippen LogP) is 3.61. The van der Waals surface area contributed by atoms with Gasteiger partial charge in [0.25, 0.3) is 0 Å². The lowest BCUT2D eigenvalue weighted by Gasteiger charge is -2.12. The Balaban J connectivity index is 1.75. The van der Waals surface area contributed by atoms with Crippen molar-refractivity contribution in [3.63, 3.8) is 0 Å². The summed E-state index contributed by atoms with van der Waals surface area (Å²) in [6.07, 6.45) is 1.80. The van der Waals surface area contributed by atoms with E-state index >= 15 is 0 Å². The van der Waals surface area contributed by atoms with E-state index in [9.17, 15) is 9.18 Å². The van der Waals surface area contributed by atoms with Gasteiger partial charge < -0.3 is 9.84 Å². The second-order valence-electron chi connectivity index (χ2n) is 5.54. The lowest BCUT2D eigenvalue weighted by Crippen LogP contribution is -2.07. The Hall–Kier alpha value is -2.49. The number of carboxylic acids is 1. The van der Waals surface area contributed by atoms with Crippen molar-refractivity contribution in [3.8, 4) is 11.4 Å². The van der Waals surface area contributed by atoms with Gasteiger partial charge in [0.2, 0.25) is 0 Å². The third kappa shape index (κ3) is 4.37. The molecule has 8 heteroatoms. The van der Waals surface area contributed by atoms with Crippen molar-refractivity contribution in [1.29, 1.82) is 0 Å². The van der Waals surface area contributed by atoms with E-state index in [2.05, 4.69) is 10.3 Å². The molecule has 0 amide bonds. The summed E-state index contributed by atoms with van der Waals surface area (Å²) in [6.45, 7) is 0.100. The van der Waals surface area contributed by atoms with E-state index < -0.39 is 11.8 Å². The molecule has 0 aliphatic carbocycles. The molecule has 6 nitrogen and oxygen atoms in total. The highest BCUT2D eigenvalue weighted by atomic mass is 127. The van der Waals surface area contributed by atoms with Gasteiger partial charge in [-0.2, -0.15) is 0 Å². The molecule has 26 heavy (non-hydrogen) atoms. The molecule has 0 aliphatic heterocycles. The number of carboxylic acid groups (broad SMARTS) is 1. The molecular weight excluding hydrogens is 452 g/mol. The first-order valence-corrected chi connectivity index (χ1v) is 8.90. The maximum Gasteiger partial charge on any atom is 0.303 e. The summed E-state index contributed by atoms with van der Waals surface area (Å²) in [7, 11) is 0. The summed E-state index contributed by atoms with van der Waals surface area (Å²) in [5.41, 5.74) is 2.14. The summed E-state index contributed by atoms with van der Waals surface area (Å²) < 4.78 is 22.2. The van der Waals surface area contributed by atoms with Crippen LogP contribution in [0.25, 0.3) is 5.69 Å². The summed E-state index contributed by atoms with van der Waals surface area (Å²) in [6, 6.07) is 12.5. The van der Waals surface area contributed by atoms with Crippen molar-refractivity contribution >= 4 is 28.6 Å². The lowest BCUT2D eigenvalue weighted by molar-refractivity contribution is -0.136. The fourth-order valence-corrected chi connectivity index (χ4v) is 3.25. The van der Waals surface area contributed by atoms with Gasteiger partial charge in [-0.25, -0.2) is 9.07 Å². The van der Waals surface area contributed by atoms with Crippen LogP contribution in [-0.2, 0) is 17.8 Å². The second-order valence-corrected chi connectivity index (χ2v) is 6.71. The minimum Gasteiger partial charge on any atom is -0.483 e. The maximum atomic E-state index is 14.4. The smallest absolute Gasteiger partial charge is 0.303 e. The van der Waals surface area contributed by atoms with Crippen LogP contribution in [0.15, 0.2) is 48.7 Å². The molecule has 0 fully saturated rings. The van der Waals surface area contributed by atoms with Gasteiger partial charge in [0, 0.05) is 6.42 Å². The molecule has 0 unspecified atom stereocenters. The van der Waals surface area contributed by atoms with E-state index in [-0.39, 0.29) is 25.2 Å². The molecule has 1 aromatic heterocycles. The molecule has 134 valence electrons. The van der Waals surface area contributed by atoms with E-state index in [1.807, 2.05) is 52.9 Å². The molecule has 0 aliphatic rings. The summed E-state index contributed by atoms with van der Waals surface area (Å²) in [4.78, 5) is 10.7. The Morgan fingerprint density at radius 2 is 2.04 bits per heavy atom. The van der Waals surface area contributed by atoms with Gasteiger partial charge in [0.1, 0.15) is 12.3 Å². The van der Waals surface area contributed by atoms with Crippen LogP contribution >= 0.6 is 22.6 Å². The van der Waals surface area contributed by atoms with Gasteiger partial charge in [0.15, 0.2) is 11.6 Å². The number of halogens is 2. The van der Waals surface area contributed by atoms with Gasteiger partial charge >= 0.3 is 5.97 Å². The summed E-state index contributed by atoms with van der Waals surface area (Å²) >= 11 is 1.98. The zero-order chi connectivity index (χ0) is 18.5.